The summed E-state index contributed by atoms with van der Waals surface area (Å²) in [7, 11) is 0. The second-order valence-electron chi connectivity index (χ2n) is 17.8. The Hall–Kier alpha value is -8.67. The Balaban J connectivity index is 1.04. The van der Waals surface area contributed by atoms with Crippen molar-refractivity contribution < 1.29 is 4.42 Å². The van der Waals surface area contributed by atoms with Crippen molar-refractivity contribution in [2.75, 3.05) is 0 Å². The number of hydrogen-bond acceptors (Lipinski definition) is 4. The van der Waals surface area contributed by atoms with E-state index in [0.29, 0.717) is 17.5 Å². The second-order valence-corrected chi connectivity index (χ2v) is 17.8. The maximum Gasteiger partial charge on any atom is 0.167 e. The molecule has 1 atom stereocenters. The topological polar surface area (TPSA) is 56.7 Å². The molecule has 1 unspecified atom stereocenters. The Kier molecular flexibility index (Phi) is 8.40. The Labute approximate surface area is 386 Å². The summed E-state index contributed by atoms with van der Waals surface area (Å²) in [5.74, 6) is 1.88. The van der Waals surface area contributed by atoms with Gasteiger partial charge in [-0.1, -0.05) is 164 Å². The molecule has 0 saturated heterocycles. The molecule has 1 aliphatic carbocycles. The molecule has 67 heavy (non-hydrogen) atoms. The van der Waals surface area contributed by atoms with Gasteiger partial charge in [0.15, 0.2) is 17.5 Å². The van der Waals surface area contributed by atoms with Crippen LogP contribution in [0.3, 0.4) is 0 Å². The van der Waals surface area contributed by atoms with Crippen LogP contribution in [0.15, 0.2) is 217 Å². The average Bonchev–Trinajstić information content (AvgIpc) is 3.89. The minimum atomic E-state index is 0.0974. The van der Waals surface area contributed by atoms with Gasteiger partial charge in [0, 0.05) is 44.3 Å². The zero-order valence-corrected chi connectivity index (χ0v) is 36.4. The van der Waals surface area contributed by atoms with E-state index in [2.05, 4.69) is 211 Å². The van der Waals surface area contributed by atoms with E-state index in [-0.39, 0.29) is 5.92 Å². The van der Waals surface area contributed by atoms with E-state index in [0.717, 1.165) is 89.7 Å². The van der Waals surface area contributed by atoms with Gasteiger partial charge >= 0.3 is 0 Å². The summed E-state index contributed by atoms with van der Waals surface area (Å²) in [5.41, 5.74) is 14.1. The van der Waals surface area contributed by atoms with Crippen molar-refractivity contribution in [3.05, 3.63) is 229 Å². The average molecular weight is 857 g/mol. The van der Waals surface area contributed by atoms with E-state index in [9.17, 15) is 0 Å². The highest BCUT2D eigenvalue weighted by molar-refractivity contribution is 6.15. The zero-order valence-electron chi connectivity index (χ0n) is 36.4. The minimum Gasteiger partial charge on any atom is -0.455 e. The fourth-order valence-electron chi connectivity index (χ4n) is 11.0. The van der Waals surface area contributed by atoms with Crippen molar-refractivity contribution in [1.82, 2.24) is 19.5 Å². The normalized spacial score (nSPS) is 13.7. The maximum absolute atomic E-state index is 6.91. The molecule has 0 spiro atoms. The molecule has 13 aromatic rings. The Bertz CT molecular complexity index is 4120. The van der Waals surface area contributed by atoms with Gasteiger partial charge in [-0.25, -0.2) is 15.0 Å². The number of nitrogens with zero attached hydrogens (tertiary/aromatic N) is 4. The molecule has 1 aliphatic rings. The van der Waals surface area contributed by atoms with Crippen LogP contribution in [-0.2, 0) is 6.42 Å². The second kappa shape index (κ2) is 14.9. The van der Waals surface area contributed by atoms with Crippen LogP contribution in [0.4, 0.5) is 0 Å². The van der Waals surface area contributed by atoms with E-state index in [1.807, 2.05) is 6.07 Å². The van der Waals surface area contributed by atoms with Gasteiger partial charge in [-0.3, -0.25) is 0 Å². The van der Waals surface area contributed by atoms with Crippen LogP contribution in [0.25, 0.3) is 116 Å². The third-order valence-electron chi connectivity index (χ3n) is 14.1. The molecule has 3 heterocycles. The first-order valence-corrected chi connectivity index (χ1v) is 23.1. The molecule has 5 nitrogen and oxygen atoms in total. The summed E-state index contributed by atoms with van der Waals surface area (Å²) in [6.07, 6.45) is 1.89. The summed E-state index contributed by atoms with van der Waals surface area (Å²) in [5, 5.41) is 9.08. The number of fused-ring (bicyclic) bond motifs is 11. The minimum absolute atomic E-state index is 0.0974. The van der Waals surface area contributed by atoms with Crippen LogP contribution in [0.5, 0.6) is 0 Å². The standard InChI is InChI=1S/C62H40N4O/c1-2-20-43(21-3-1)66-55-29-12-10-26-50(55)58-51(28-15-30-56(58)66)61-63-60(49-27-14-19-38-16-6-7-22-44(38)49)64-62(65-61)54-37-42(36-53-48-25-11-13-31-57(48)67-59(53)54)45-33-32-41-34-39-17-4-5-18-40(39)35-52(41)47-24-9-8-23-46(45)47/h1-31,34-37,45H,32-33H2. The molecule has 3 aromatic heterocycles. The number of aromatic nitrogens is 4. The predicted octanol–water partition coefficient (Wildman–Crippen LogP) is 15.9. The van der Waals surface area contributed by atoms with Crippen LogP contribution in [0, 0.1) is 0 Å². The molecule has 10 aromatic carbocycles. The molecule has 0 amide bonds. The third-order valence-corrected chi connectivity index (χ3v) is 14.1. The SMILES string of the molecule is c1ccc(-n2c3ccccc3c3c(-c4nc(-c5cccc6ccccc56)nc(-c5cc(C6CCc7cc8ccccc8cc7-c7ccccc76)cc6c5oc5ccccc56)n4)cccc32)cc1. The molecule has 5 heteroatoms. The van der Waals surface area contributed by atoms with E-state index in [1.165, 1.54) is 38.6 Å². The van der Waals surface area contributed by atoms with Gasteiger partial charge < -0.3 is 8.98 Å². The molecular formula is C62H40N4O. The summed E-state index contributed by atoms with van der Waals surface area (Å²) < 4.78 is 9.25. The molecule has 14 rings (SSSR count). The summed E-state index contributed by atoms with van der Waals surface area (Å²) >= 11 is 0. The van der Waals surface area contributed by atoms with Crippen LogP contribution in [0.2, 0.25) is 0 Å². The van der Waals surface area contributed by atoms with E-state index >= 15 is 0 Å². The lowest BCUT2D eigenvalue weighted by atomic mass is 9.84. The van der Waals surface area contributed by atoms with Gasteiger partial charge in [-0.2, -0.15) is 0 Å². The smallest absolute Gasteiger partial charge is 0.167 e. The molecular weight excluding hydrogens is 817 g/mol. The van der Waals surface area contributed by atoms with Crippen LogP contribution >= 0.6 is 0 Å². The number of aryl methyl sites for hydroxylation is 1. The van der Waals surface area contributed by atoms with Gasteiger partial charge in [0.05, 0.1) is 16.6 Å². The molecule has 0 fully saturated rings. The first-order chi connectivity index (χ1) is 33.2. The third kappa shape index (κ3) is 5.98. The lowest BCUT2D eigenvalue weighted by Crippen LogP contribution is -2.04. The summed E-state index contributed by atoms with van der Waals surface area (Å²) in [6.45, 7) is 0. The quantitative estimate of drug-likeness (QED) is 0.173. The molecule has 0 bridgehead atoms. The van der Waals surface area contributed by atoms with E-state index < -0.39 is 0 Å². The predicted molar refractivity (Wildman–Crippen MR) is 275 cm³/mol. The van der Waals surface area contributed by atoms with Crippen LogP contribution < -0.4 is 0 Å². The van der Waals surface area contributed by atoms with Gasteiger partial charge in [-0.15, -0.1) is 0 Å². The number of benzene rings is 10. The monoisotopic (exact) mass is 856 g/mol. The zero-order chi connectivity index (χ0) is 44.0. The highest BCUT2D eigenvalue weighted by Gasteiger charge is 2.28. The lowest BCUT2D eigenvalue weighted by molar-refractivity contribution is 0.668. The number of furan rings is 1. The number of rotatable bonds is 5. The van der Waals surface area contributed by atoms with Crippen molar-refractivity contribution in [2.45, 2.75) is 18.8 Å². The Morgan fingerprint density at radius 3 is 1.90 bits per heavy atom. The van der Waals surface area contributed by atoms with Crippen molar-refractivity contribution in [3.63, 3.8) is 0 Å². The van der Waals surface area contributed by atoms with Crippen molar-refractivity contribution in [3.8, 4) is 51.0 Å². The molecule has 0 N–H and O–H groups in total. The first-order valence-electron chi connectivity index (χ1n) is 23.1. The fraction of sp³-hybridized carbons (Fsp3) is 0.0484. The summed E-state index contributed by atoms with van der Waals surface area (Å²) in [4.78, 5) is 16.5. The van der Waals surface area contributed by atoms with E-state index in [4.69, 9.17) is 19.4 Å². The maximum atomic E-state index is 6.91. The van der Waals surface area contributed by atoms with Crippen molar-refractivity contribution in [1.29, 1.82) is 0 Å². The number of hydrogen-bond donors (Lipinski definition) is 0. The Morgan fingerprint density at radius 2 is 1.03 bits per heavy atom. The highest BCUT2D eigenvalue weighted by Crippen LogP contribution is 2.46. The van der Waals surface area contributed by atoms with E-state index in [1.54, 1.807) is 0 Å². The largest absolute Gasteiger partial charge is 0.455 e. The van der Waals surface area contributed by atoms with Crippen molar-refractivity contribution in [2.24, 2.45) is 0 Å². The van der Waals surface area contributed by atoms with Gasteiger partial charge in [-0.05, 0) is 111 Å². The van der Waals surface area contributed by atoms with Crippen molar-refractivity contribution >= 4 is 65.3 Å². The van der Waals surface area contributed by atoms with Gasteiger partial charge in [0.25, 0.3) is 0 Å². The highest BCUT2D eigenvalue weighted by atomic mass is 16.3. The molecule has 0 saturated carbocycles. The molecule has 0 aliphatic heterocycles. The molecule has 0 radical (unpaired) electrons. The Morgan fingerprint density at radius 1 is 0.418 bits per heavy atom. The van der Waals surface area contributed by atoms with Gasteiger partial charge in [0.2, 0.25) is 0 Å². The number of para-hydroxylation sites is 3. The fourth-order valence-corrected chi connectivity index (χ4v) is 11.0. The van der Waals surface area contributed by atoms with Crippen LogP contribution in [-0.4, -0.2) is 19.5 Å². The lowest BCUT2D eigenvalue weighted by Gasteiger charge is -2.20. The summed E-state index contributed by atoms with van der Waals surface area (Å²) in [6, 6.07) is 76.1. The molecule has 314 valence electrons. The van der Waals surface area contributed by atoms with Gasteiger partial charge in [0.1, 0.15) is 11.2 Å². The first kappa shape index (κ1) is 37.7. The van der Waals surface area contributed by atoms with Crippen LogP contribution in [0.1, 0.15) is 29.0 Å².